The van der Waals surface area contributed by atoms with E-state index in [9.17, 15) is 13.6 Å². The molecular weight excluding hydrogens is 268 g/mol. The molecule has 7 heteroatoms. The first kappa shape index (κ1) is 12.2. The SMILES string of the molecule is Nc1cc2oc(=O)[nH]c2cc1Nc1cc(F)cc(F)c1. The molecule has 4 N–H and O–H groups in total. The number of oxazole rings is 1. The van der Waals surface area contributed by atoms with Gasteiger partial charge in [-0.15, -0.1) is 0 Å². The number of benzene rings is 2. The molecule has 0 amide bonds. The van der Waals surface area contributed by atoms with Crippen molar-refractivity contribution in [1.82, 2.24) is 4.98 Å². The number of halogens is 2. The Bertz CT molecular complexity index is 834. The molecule has 0 aliphatic carbocycles. The Hall–Kier alpha value is -2.83. The maximum atomic E-state index is 13.1. The lowest BCUT2D eigenvalue weighted by molar-refractivity contribution is 0.555. The summed E-state index contributed by atoms with van der Waals surface area (Å²) >= 11 is 0. The second-order valence-corrected chi connectivity index (χ2v) is 4.23. The van der Waals surface area contributed by atoms with E-state index in [1.165, 1.54) is 12.1 Å². The highest BCUT2D eigenvalue weighted by Crippen LogP contribution is 2.28. The van der Waals surface area contributed by atoms with Gasteiger partial charge in [0, 0.05) is 17.8 Å². The van der Waals surface area contributed by atoms with Gasteiger partial charge < -0.3 is 15.5 Å². The molecule has 0 spiro atoms. The fourth-order valence-electron chi connectivity index (χ4n) is 1.90. The van der Waals surface area contributed by atoms with E-state index in [1.54, 1.807) is 0 Å². The molecule has 20 heavy (non-hydrogen) atoms. The predicted molar refractivity (Wildman–Crippen MR) is 70.9 cm³/mol. The van der Waals surface area contributed by atoms with Crippen LogP contribution < -0.4 is 16.8 Å². The number of hydrogen-bond donors (Lipinski definition) is 3. The van der Waals surface area contributed by atoms with Gasteiger partial charge >= 0.3 is 5.76 Å². The first-order valence-electron chi connectivity index (χ1n) is 5.67. The highest BCUT2D eigenvalue weighted by molar-refractivity contribution is 5.86. The number of aromatic nitrogens is 1. The second-order valence-electron chi connectivity index (χ2n) is 4.23. The van der Waals surface area contributed by atoms with E-state index >= 15 is 0 Å². The summed E-state index contributed by atoms with van der Waals surface area (Å²) in [5.74, 6) is -2.01. The Morgan fingerprint density at radius 1 is 1.10 bits per heavy atom. The number of anilines is 3. The van der Waals surface area contributed by atoms with Crippen LogP contribution in [0.2, 0.25) is 0 Å². The molecule has 1 aromatic heterocycles. The molecule has 102 valence electrons. The van der Waals surface area contributed by atoms with E-state index in [-0.39, 0.29) is 11.4 Å². The van der Waals surface area contributed by atoms with Gasteiger partial charge in [0.15, 0.2) is 5.58 Å². The minimum absolute atomic E-state index is 0.208. The maximum Gasteiger partial charge on any atom is 0.417 e. The minimum atomic E-state index is -0.705. The highest BCUT2D eigenvalue weighted by Gasteiger charge is 2.08. The van der Waals surface area contributed by atoms with Crippen molar-refractivity contribution in [2.45, 2.75) is 0 Å². The van der Waals surface area contributed by atoms with Gasteiger partial charge in [-0.2, -0.15) is 0 Å². The van der Waals surface area contributed by atoms with Crippen molar-refractivity contribution >= 4 is 28.2 Å². The van der Waals surface area contributed by atoms with Gasteiger partial charge in [-0.05, 0) is 18.2 Å². The molecule has 5 nitrogen and oxygen atoms in total. The van der Waals surface area contributed by atoms with Gasteiger partial charge in [-0.3, -0.25) is 4.98 Å². The van der Waals surface area contributed by atoms with Crippen LogP contribution >= 0.6 is 0 Å². The Labute approximate surface area is 111 Å². The van der Waals surface area contributed by atoms with Gasteiger partial charge in [0.05, 0.1) is 16.9 Å². The van der Waals surface area contributed by atoms with Crippen LogP contribution in [0.4, 0.5) is 25.8 Å². The van der Waals surface area contributed by atoms with Crippen LogP contribution in [0.25, 0.3) is 11.1 Å². The van der Waals surface area contributed by atoms with Crippen molar-refractivity contribution in [3.05, 3.63) is 52.5 Å². The number of fused-ring (bicyclic) bond motifs is 1. The van der Waals surface area contributed by atoms with E-state index in [0.717, 1.165) is 18.2 Å². The summed E-state index contributed by atoms with van der Waals surface area (Å²) in [5.41, 5.74) is 7.43. The lowest BCUT2D eigenvalue weighted by Gasteiger charge is -2.09. The van der Waals surface area contributed by atoms with Crippen LogP contribution in [0, 0.1) is 11.6 Å². The number of hydrogen-bond acceptors (Lipinski definition) is 4. The molecule has 0 aliphatic rings. The number of H-pyrrole nitrogens is 1. The Kier molecular flexibility index (Phi) is 2.67. The topological polar surface area (TPSA) is 84.0 Å². The zero-order valence-corrected chi connectivity index (χ0v) is 10.0. The molecule has 0 unspecified atom stereocenters. The Morgan fingerprint density at radius 3 is 2.50 bits per heavy atom. The van der Waals surface area contributed by atoms with Crippen LogP contribution in [0.15, 0.2) is 39.5 Å². The average Bonchev–Trinajstić information content (AvgIpc) is 2.67. The first-order chi connectivity index (χ1) is 9.51. The van der Waals surface area contributed by atoms with Gasteiger partial charge in [0.25, 0.3) is 0 Å². The van der Waals surface area contributed by atoms with Crippen molar-refractivity contribution in [1.29, 1.82) is 0 Å². The molecule has 1 heterocycles. The largest absolute Gasteiger partial charge is 0.417 e. The van der Waals surface area contributed by atoms with Crippen LogP contribution in [0.3, 0.4) is 0 Å². The normalized spacial score (nSPS) is 10.9. The fourth-order valence-corrected chi connectivity index (χ4v) is 1.90. The molecule has 0 aliphatic heterocycles. The van der Waals surface area contributed by atoms with E-state index in [2.05, 4.69) is 10.3 Å². The molecule has 0 saturated heterocycles. The van der Waals surface area contributed by atoms with Gasteiger partial charge in [-0.25, -0.2) is 13.6 Å². The van der Waals surface area contributed by atoms with Crippen molar-refractivity contribution in [3.8, 4) is 0 Å². The third-order valence-corrected chi connectivity index (χ3v) is 2.73. The van der Waals surface area contributed by atoms with Crippen molar-refractivity contribution in [3.63, 3.8) is 0 Å². The summed E-state index contributed by atoms with van der Waals surface area (Å²) in [7, 11) is 0. The highest BCUT2D eigenvalue weighted by atomic mass is 19.1. The number of nitrogen functional groups attached to an aromatic ring is 1. The number of nitrogens with two attached hydrogens (primary N) is 1. The van der Waals surface area contributed by atoms with Crippen LogP contribution in [-0.2, 0) is 0 Å². The summed E-state index contributed by atoms with van der Waals surface area (Å²) in [6.45, 7) is 0. The standard InChI is InChI=1S/C13H9F2N3O2/c14-6-1-7(15)3-8(2-6)17-10-5-11-12(4-9(10)16)20-13(19)18-11/h1-5,17H,16H2,(H,18,19). The van der Waals surface area contributed by atoms with Crippen molar-refractivity contribution in [2.75, 3.05) is 11.1 Å². The monoisotopic (exact) mass is 277 g/mol. The summed E-state index contributed by atoms with van der Waals surface area (Å²) in [6, 6.07) is 6.00. The molecule has 0 saturated carbocycles. The zero-order chi connectivity index (χ0) is 14.3. The third-order valence-electron chi connectivity index (χ3n) is 2.73. The molecule has 0 radical (unpaired) electrons. The van der Waals surface area contributed by atoms with Crippen LogP contribution in [0.5, 0.6) is 0 Å². The van der Waals surface area contributed by atoms with Gasteiger partial charge in [0.2, 0.25) is 0 Å². The van der Waals surface area contributed by atoms with Gasteiger partial charge in [-0.1, -0.05) is 0 Å². The molecule has 3 aromatic rings. The third kappa shape index (κ3) is 2.20. The van der Waals surface area contributed by atoms with Crippen LogP contribution in [-0.4, -0.2) is 4.98 Å². The quantitative estimate of drug-likeness (QED) is 0.629. The molecule has 0 atom stereocenters. The fraction of sp³-hybridized carbons (Fsp3) is 0. The second kappa shape index (κ2) is 4.37. The summed E-state index contributed by atoms with van der Waals surface area (Å²) in [4.78, 5) is 13.5. The molecule has 0 fully saturated rings. The van der Waals surface area contributed by atoms with Gasteiger partial charge in [0.1, 0.15) is 11.6 Å². The molecule has 0 bridgehead atoms. The average molecular weight is 277 g/mol. The number of nitrogens with one attached hydrogen (secondary N) is 2. The molecular formula is C13H9F2N3O2. The minimum Gasteiger partial charge on any atom is -0.408 e. The summed E-state index contributed by atoms with van der Waals surface area (Å²) in [5, 5.41) is 2.79. The Balaban J connectivity index is 2.05. The van der Waals surface area contributed by atoms with Crippen LogP contribution in [0.1, 0.15) is 0 Å². The lowest BCUT2D eigenvalue weighted by Crippen LogP contribution is -1.97. The van der Waals surface area contributed by atoms with E-state index < -0.39 is 17.4 Å². The molecule has 3 rings (SSSR count). The smallest absolute Gasteiger partial charge is 0.408 e. The summed E-state index contributed by atoms with van der Waals surface area (Å²) in [6.07, 6.45) is 0. The Morgan fingerprint density at radius 2 is 1.80 bits per heavy atom. The number of aromatic amines is 1. The van der Waals surface area contributed by atoms with Crippen molar-refractivity contribution < 1.29 is 13.2 Å². The van der Waals surface area contributed by atoms with Crippen molar-refractivity contribution in [2.24, 2.45) is 0 Å². The molecule has 2 aromatic carbocycles. The lowest BCUT2D eigenvalue weighted by atomic mass is 10.2. The van der Waals surface area contributed by atoms with E-state index in [0.29, 0.717) is 16.8 Å². The van der Waals surface area contributed by atoms with E-state index in [4.69, 9.17) is 10.2 Å². The summed E-state index contributed by atoms with van der Waals surface area (Å²) < 4.78 is 31.1. The number of rotatable bonds is 2. The predicted octanol–water partition coefficient (Wildman–Crippen LogP) is 2.73. The maximum absolute atomic E-state index is 13.1. The first-order valence-corrected chi connectivity index (χ1v) is 5.67. The van der Waals surface area contributed by atoms with E-state index in [1.807, 2.05) is 0 Å². The zero-order valence-electron chi connectivity index (χ0n) is 10.0.